The third kappa shape index (κ3) is 3.14. The summed E-state index contributed by atoms with van der Waals surface area (Å²) in [4.78, 5) is 36.7. The molecule has 1 aliphatic carbocycles. The number of hydrogen-bond acceptors (Lipinski definition) is 6. The van der Waals surface area contributed by atoms with Crippen LogP contribution in [0.3, 0.4) is 0 Å². The predicted octanol–water partition coefficient (Wildman–Crippen LogP) is 1.95. The number of furan rings is 1. The molecule has 0 saturated carbocycles. The number of ether oxygens (including phenoxy) is 2. The third-order valence-corrected chi connectivity index (χ3v) is 4.61. The number of carbonyl (C=O) groups excluding carboxylic acids is 3. The van der Waals surface area contributed by atoms with Crippen molar-refractivity contribution in [2.45, 2.75) is 26.2 Å². The summed E-state index contributed by atoms with van der Waals surface area (Å²) in [6.45, 7) is 2.54. The molecule has 1 aromatic heterocycles. The molecule has 1 aromatic carbocycles. The molecule has 0 unspecified atom stereocenters. The van der Waals surface area contributed by atoms with Crippen LogP contribution in [0.15, 0.2) is 22.6 Å². The lowest BCUT2D eigenvalue weighted by Crippen LogP contribution is -2.41. The van der Waals surface area contributed by atoms with E-state index in [1.54, 1.807) is 25.1 Å². The van der Waals surface area contributed by atoms with Gasteiger partial charge in [0, 0.05) is 24.0 Å². The average Bonchev–Trinajstić information content (AvgIpc) is 3.03. The highest BCUT2D eigenvalue weighted by Gasteiger charge is 2.29. The molecule has 140 valence electrons. The standard InChI is InChI=1S/C19H18N2O6/c1-10-16-12(22)3-2-4-14(16)27-17(10)19(24)21-20-18(23)11-5-6-13-15(9-11)26-8-7-25-13/h5-6,9H,2-4,7-8H2,1H3,(H,20,23)(H,21,24). The van der Waals surface area contributed by atoms with Gasteiger partial charge in [0.15, 0.2) is 23.0 Å². The number of nitrogens with one attached hydrogen (secondary N) is 2. The highest BCUT2D eigenvalue weighted by atomic mass is 16.6. The third-order valence-electron chi connectivity index (χ3n) is 4.61. The average molecular weight is 370 g/mol. The molecule has 2 amide bonds. The van der Waals surface area contributed by atoms with Gasteiger partial charge in [-0.25, -0.2) is 0 Å². The molecule has 2 heterocycles. The Labute approximate surface area is 154 Å². The first-order valence-electron chi connectivity index (χ1n) is 8.70. The fourth-order valence-corrected chi connectivity index (χ4v) is 3.29. The van der Waals surface area contributed by atoms with E-state index in [-0.39, 0.29) is 11.5 Å². The zero-order valence-electron chi connectivity index (χ0n) is 14.7. The van der Waals surface area contributed by atoms with Crippen LogP contribution in [-0.4, -0.2) is 30.8 Å². The molecule has 2 aliphatic rings. The van der Waals surface area contributed by atoms with E-state index in [9.17, 15) is 14.4 Å². The normalized spacial score (nSPS) is 15.1. The number of Topliss-reactive ketones (excluding diaryl/α,β-unsaturated/α-hetero) is 1. The van der Waals surface area contributed by atoms with Crippen molar-refractivity contribution >= 4 is 17.6 Å². The van der Waals surface area contributed by atoms with Gasteiger partial charge >= 0.3 is 5.91 Å². The van der Waals surface area contributed by atoms with Crippen LogP contribution in [0.1, 0.15) is 55.4 Å². The van der Waals surface area contributed by atoms with Gasteiger partial charge in [-0.3, -0.25) is 25.2 Å². The second-order valence-corrected chi connectivity index (χ2v) is 6.40. The van der Waals surface area contributed by atoms with Crippen molar-refractivity contribution in [3.63, 3.8) is 0 Å². The molecule has 0 radical (unpaired) electrons. The summed E-state index contributed by atoms with van der Waals surface area (Å²) in [6.07, 6.45) is 1.79. The first kappa shape index (κ1) is 17.1. The van der Waals surface area contributed by atoms with Gasteiger partial charge in [-0.1, -0.05) is 0 Å². The summed E-state index contributed by atoms with van der Waals surface area (Å²) in [6, 6.07) is 4.76. The van der Waals surface area contributed by atoms with Crippen molar-refractivity contribution in [1.29, 1.82) is 0 Å². The first-order valence-corrected chi connectivity index (χ1v) is 8.70. The molecule has 0 spiro atoms. The molecule has 8 heteroatoms. The van der Waals surface area contributed by atoms with Gasteiger partial charge in [-0.15, -0.1) is 0 Å². The quantitative estimate of drug-likeness (QED) is 0.783. The van der Waals surface area contributed by atoms with Crippen LogP contribution < -0.4 is 20.3 Å². The second-order valence-electron chi connectivity index (χ2n) is 6.40. The maximum absolute atomic E-state index is 12.4. The molecule has 0 fully saturated rings. The molecule has 27 heavy (non-hydrogen) atoms. The van der Waals surface area contributed by atoms with E-state index < -0.39 is 11.8 Å². The Bertz CT molecular complexity index is 946. The van der Waals surface area contributed by atoms with Gasteiger partial charge in [-0.05, 0) is 31.5 Å². The number of rotatable bonds is 2. The summed E-state index contributed by atoms with van der Waals surface area (Å²) in [5.74, 6) is 0.490. The van der Waals surface area contributed by atoms with Crippen molar-refractivity contribution in [2.75, 3.05) is 13.2 Å². The van der Waals surface area contributed by atoms with Crippen LogP contribution in [0.4, 0.5) is 0 Å². The smallest absolute Gasteiger partial charge is 0.305 e. The van der Waals surface area contributed by atoms with Crippen LogP contribution in [0, 0.1) is 6.92 Å². The predicted molar refractivity (Wildman–Crippen MR) is 93.1 cm³/mol. The fourth-order valence-electron chi connectivity index (χ4n) is 3.29. The molecule has 4 rings (SSSR count). The number of hydrazine groups is 1. The topological polar surface area (TPSA) is 107 Å². The number of hydrogen-bond donors (Lipinski definition) is 2. The number of benzene rings is 1. The monoisotopic (exact) mass is 370 g/mol. The lowest BCUT2D eigenvalue weighted by atomic mass is 9.94. The molecule has 1 aliphatic heterocycles. The second kappa shape index (κ2) is 6.79. The van der Waals surface area contributed by atoms with E-state index in [2.05, 4.69) is 10.9 Å². The summed E-state index contributed by atoms with van der Waals surface area (Å²) >= 11 is 0. The highest BCUT2D eigenvalue weighted by molar-refractivity contribution is 6.04. The van der Waals surface area contributed by atoms with Crippen molar-refractivity contribution in [3.8, 4) is 11.5 Å². The number of ketones is 1. The Morgan fingerprint density at radius 1 is 1.00 bits per heavy atom. The molecule has 8 nitrogen and oxygen atoms in total. The van der Waals surface area contributed by atoms with Crippen molar-refractivity contribution in [3.05, 3.63) is 46.4 Å². The number of amides is 2. The lowest BCUT2D eigenvalue weighted by molar-refractivity contribution is 0.0828. The van der Waals surface area contributed by atoms with E-state index in [1.165, 1.54) is 0 Å². The van der Waals surface area contributed by atoms with Crippen LogP contribution in [0.2, 0.25) is 0 Å². The Morgan fingerprint density at radius 3 is 2.52 bits per heavy atom. The van der Waals surface area contributed by atoms with Gasteiger partial charge in [0.2, 0.25) is 0 Å². The molecule has 2 N–H and O–H groups in total. The minimum absolute atomic E-state index is 0.0168. The lowest BCUT2D eigenvalue weighted by Gasteiger charge is -2.18. The zero-order valence-corrected chi connectivity index (χ0v) is 14.7. The summed E-state index contributed by atoms with van der Waals surface area (Å²) in [7, 11) is 0. The number of carbonyl (C=O) groups is 3. The molecular formula is C19H18N2O6. The van der Waals surface area contributed by atoms with Crippen molar-refractivity contribution < 1.29 is 28.3 Å². The maximum Gasteiger partial charge on any atom is 0.305 e. The Kier molecular flexibility index (Phi) is 4.31. The van der Waals surface area contributed by atoms with Crippen LogP contribution in [-0.2, 0) is 6.42 Å². The number of fused-ring (bicyclic) bond motifs is 2. The van der Waals surface area contributed by atoms with Gasteiger partial charge in [0.05, 0.1) is 5.56 Å². The first-order chi connectivity index (χ1) is 13.0. The van der Waals surface area contributed by atoms with E-state index in [0.717, 1.165) is 0 Å². The van der Waals surface area contributed by atoms with Crippen LogP contribution >= 0.6 is 0 Å². The Hall–Kier alpha value is -3.29. The van der Waals surface area contributed by atoms with E-state index in [0.29, 0.717) is 66.4 Å². The largest absolute Gasteiger partial charge is 0.486 e. The van der Waals surface area contributed by atoms with Gasteiger partial charge < -0.3 is 13.9 Å². The van der Waals surface area contributed by atoms with Gasteiger partial charge in [0.25, 0.3) is 5.91 Å². The summed E-state index contributed by atoms with van der Waals surface area (Å²) < 4.78 is 16.4. The van der Waals surface area contributed by atoms with Crippen molar-refractivity contribution in [1.82, 2.24) is 10.9 Å². The van der Waals surface area contributed by atoms with Crippen molar-refractivity contribution in [2.24, 2.45) is 0 Å². The minimum Gasteiger partial charge on any atom is -0.486 e. The maximum atomic E-state index is 12.4. The van der Waals surface area contributed by atoms with Crippen LogP contribution in [0.25, 0.3) is 0 Å². The Balaban J connectivity index is 1.45. The number of aryl methyl sites for hydroxylation is 1. The van der Waals surface area contributed by atoms with E-state index in [4.69, 9.17) is 13.9 Å². The summed E-state index contributed by atoms with van der Waals surface area (Å²) in [5.41, 5.74) is 5.97. The molecule has 0 bridgehead atoms. The van der Waals surface area contributed by atoms with E-state index in [1.807, 2.05) is 0 Å². The minimum atomic E-state index is -0.611. The molecule has 2 aromatic rings. The van der Waals surface area contributed by atoms with Gasteiger partial charge in [0.1, 0.15) is 19.0 Å². The Morgan fingerprint density at radius 2 is 1.74 bits per heavy atom. The van der Waals surface area contributed by atoms with E-state index >= 15 is 0 Å². The molecule has 0 saturated heterocycles. The molecular weight excluding hydrogens is 352 g/mol. The summed E-state index contributed by atoms with van der Waals surface area (Å²) in [5, 5.41) is 0. The van der Waals surface area contributed by atoms with Gasteiger partial charge in [-0.2, -0.15) is 0 Å². The zero-order chi connectivity index (χ0) is 19.0. The molecule has 0 atom stereocenters. The highest BCUT2D eigenvalue weighted by Crippen LogP contribution is 2.31. The van der Waals surface area contributed by atoms with Crippen LogP contribution in [0.5, 0.6) is 11.5 Å². The SMILES string of the molecule is Cc1c(C(=O)NNC(=O)c2ccc3c(c2)OCCO3)oc2c1C(=O)CCC2. The fraction of sp³-hybridized carbons (Fsp3) is 0.316.